The van der Waals surface area contributed by atoms with Gasteiger partial charge >= 0.3 is 0 Å². The van der Waals surface area contributed by atoms with Crippen molar-refractivity contribution in [3.8, 4) is 5.75 Å². The average Bonchev–Trinajstić information content (AvgIpc) is 2.74. The van der Waals surface area contributed by atoms with Gasteiger partial charge in [-0.05, 0) is 36.1 Å². The molecule has 1 aliphatic carbocycles. The van der Waals surface area contributed by atoms with Gasteiger partial charge in [-0.3, -0.25) is 4.90 Å². The van der Waals surface area contributed by atoms with Crippen LogP contribution in [0.15, 0.2) is 54.6 Å². The molecule has 2 bridgehead atoms. The Hall–Kier alpha value is -1.84. The van der Waals surface area contributed by atoms with Crippen molar-refractivity contribution in [1.29, 1.82) is 0 Å². The van der Waals surface area contributed by atoms with E-state index < -0.39 is 5.60 Å². The summed E-state index contributed by atoms with van der Waals surface area (Å²) in [6.45, 7) is 2.78. The lowest BCUT2D eigenvalue weighted by atomic mass is 9.75. The summed E-state index contributed by atoms with van der Waals surface area (Å²) in [6.07, 6.45) is 2.12. The van der Waals surface area contributed by atoms with Crippen molar-refractivity contribution < 1.29 is 10.2 Å². The van der Waals surface area contributed by atoms with E-state index in [1.807, 2.05) is 18.2 Å². The van der Waals surface area contributed by atoms with E-state index in [9.17, 15) is 10.2 Å². The monoisotopic (exact) mass is 309 g/mol. The Morgan fingerprint density at radius 2 is 1.65 bits per heavy atom. The molecule has 3 nitrogen and oxygen atoms in total. The van der Waals surface area contributed by atoms with Crippen molar-refractivity contribution in [1.82, 2.24) is 4.90 Å². The van der Waals surface area contributed by atoms with Crippen molar-refractivity contribution in [2.45, 2.75) is 25.0 Å². The van der Waals surface area contributed by atoms with Crippen molar-refractivity contribution >= 4 is 0 Å². The molecule has 3 heteroatoms. The average molecular weight is 309 g/mol. The molecule has 2 aromatic rings. The van der Waals surface area contributed by atoms with Crippen molar-refractivity contribution in [3.05, 3.63) is 65.7 Å². The fraction of sp³-hybridized carbons (Fsp3) is 0.400. The maximum absolute atomic E-state index is 11.4. The number of fused-ring (bicyclic) bond motifs is 2. The van der Waals surface area contributed by atoms with E-state index in [1.165, 1.54) is 5.56 Å². The van der Waals surface area contributed by atoms with Gasteiger partial charge in [-0.15, -0.1) is 0 Å². The number of phenols is 1. The summed E-state index contributed by atoms with van der Waals surface area (Å²) < 4.78 is 0. The maximum Gasteiger partial charge on any atom is 0.115 e. The van der Waals surface area contributed by atoms with Crippen molar-refractivity contribution in [2.75, 3.05) is 13.1 Å². The van der Waals surface area contributed by atoms with Gasteiger partial charge in [0.15, 0.2) is 0 Å². The van der Waals surface area contributed by atoms with Crippen LogP contribution in [-0.4, -0.2) is 28.2 Å². The summed E-state index contributed by atoms with van der Waals surface area (Å²) in [5, 5.41) is 21.2. The molecule has 4 rings (SSSR count). The molecule has 120 valence electrons. The van der Waals surface area contributed by atoms with Crippen molar-refractivity contribution in [3.63, 3.8) is 0 Å². The molecule has 1 saturated heterocycles. The van der Waals surface area contributed by atoms with Crippen LogP contribution in [0.2, 0.25) is 0 Å². The molecule has 2 unspecified atom stereocenters. The van der Waals surface area contributed by atoms with Crippen LogP contribution >= 0.6 is 0 Å². The Morgan fingerprint density at radius 3 is 2.30 bits per heavy atom. The predicted octanol–water partition coefficient (Wildman–Crippen LogP) is 3.12. The van der Waals surface area contributed by atoms with Gasteiger partial charge in [0, 0.05) is 31.5 Å². The number of nitrogens with zero attached hydrogens (tertiary/aromatic N) is 1. The largest absolute Gasteiger partial charge is 0.508 e. The SMILES string of the molecule is Oc1cccc(C2(O)C3CCC2CN(Cc2ccccc2)C3)c1. The van der Waals surface area contributed by atoms with E-state index in [1.54, 1.807) is 12.1 Å². The Labute approximate surface area is 137 Å². The van der Waals surface area contributed by atoms with Gasteiger partial charge in [0.05, 0.1) is 5.60 Å². The Kier molecular flexibility index (Phi) is 3.63. The minimum atomic E-state index is -0.786. The summed E-state index contributed by atoms with van der Waals surface area (Å²) in [6, 6.07) is 17.7. The zero-order valence-electron chi connectivity index (χ0n) is 13.2. The molecular weight excluding hydrogens is 286 g/mol. The zero-order valence-corrected chi connectivity index (χ0v) is 13.2. The lowest BCUT2D eigenvalue weighted by molar-refractivity contribution is -0.0915. The number of phenolic OH excluding ortho intramolecular Hbond substituents is 1. The third kappa shape index (κ3) is 2.54. The number of hydrogen-bond donors (Lipinski definition) is 2. The number of aliphatic hydroxyl groups is 1. The van der Waals surface area contributed by atoms with E-state index in [4.69, 9.17) is 0 Å². The third-order valence-corrected chi connectivity index (χ3v) is 5.62. The van der Waals surface area contributed by atoms with E-state index in [0.717, 1.165) is 38.0 Å². The minimum Gasteiger partial charge on any atom is -0.508 e. The smallest absolute Gasteiger partial charge is 0.115 e. The topological polar surface area (TPSA) is 43.7 Å². The highest BCUT2D eigenvalue weighted by Gasteiger charge is 2.53. The maximum atomic E-state index is 11.4. The van der Waals surface area contributed by atoms with Gasteiger partial charge in [-0.25, -0.2) is 0 Å². The summed E-state index contributed by atoms with van der Waals surface area (Å²) in [7, 11) is 0. The van der Waals surface area contributed by atoms with Gasteiger partial charge in [0.25, 0.3) is 0 Å². The summed E-state index contributed by atoms with van der Waals surface area (Å²) in [5.74, 6) is 0.723. The molecule has 0 radical (unpaired) electrons. The van der Waals surface area contributed by atoms with Gasteiger partial charge in [-0.1, -0.05) is 42.5 Å². The molecule has 0 aromatic heterocycles. The number of aromatic hydroxyl groups is 1. The van der Waals surface area contributed by atoms with E-state index >= 15 is 0 Å². The highest BCUT2D eigenvalue weighted by molar-refractivity contribution is 5.34. The Morgan fingerprint density at radius 1 is 0.957 bits per heavy atom. The first-order valence-corrected chi connectivity index (χ1v) is 8.44. The fourth-order valence-electron chi connectivity index (χ4n) is 4.53. The van der Waals surface area contributed by atoms with Crippen LogP contribution < -0.4 is 0 Å². The molecule has 1 heterocycles. The highest BCUT2D eigenvalue weighted by atomic mass is 16.3. The Bertz CT molecular complexity index is 671. The summed E-state index contributed by atoms with van der Waals surface area (Å²) in [5.41, 5.74) is 1.42. The first-order valence-electron chi connectivity index (χ1n) is 8.44. The third-order valence-electron chi connectivity index (χ3n) is 5.62. The number of rotatable bonds is 3. The molecule has 2 atom stereocenters. The second-order valence-corrected chi connectivity index (χ2v) is 7.03. The normalized spacial score (nSPS) is 30.5. The molecule has 0 amide bonds. The van der Waals surface area contributed by atoms with Crippen LogP contribution in [0.1, 0.15) is 24.0 Å². The quantitative estimate of drug-likeness (QED) is 0.915. The molecule has 1 saturated carbocycles. The van der Waals surface area contributed by atoms with Gasteiger partial charge < -0.3 is 10.2 Å². The Balaban J connectivity index is 1.56. The second kappa shape index (κ2) is 5.66. The first kappa shape index (κ1) is 14.7. The zero-order chi connectivity index (χ0) is 15.9. The minimum absolute atomic E-state index is 0.238. The number of hydrogen-bond acceptors (Lipinski definition) is 3. The molecular formula is C20H23NO2. The van der Waals surface area contributed by atoms with Crippen molar-refractivity contribution in [2.24, 2.45) is 11.8 Å². The molecule has 0 spiro atoms. The molecule has 2 fully saturated rings. The predicted molar refractivity (Wildman–Crippen MR) is 89.9 cm³/mol. The molecule has 2 N–H and O–H groups in total. The standard InChI is InChI=1S/C20H23NO2/c22-19-8-4-7-16(11-19)20(23)17-9-10-18(20)14-21(13-17)12-15-5-2-1-3-6-15/h1-8,11,17-18,22-23H,9-10,12-14H2. The van der Waals surface area contributed by atoms with Gasteiger partial charge in [0.2, 0.25) is 0 Å². The second-order valence-electron chi connectivity index (χ2n) is 7.03. The highest BCUT2D eigenvalue weighted by Crippen LogP contribution is 2.51. The molecule has 1 aliphatic heterocycles. The van der Waals surface area contributed by atoms with E-state index in [0.29, 0.717) is 0 Å². The first-order chi connectivity index (χ1) is 11.2. The fourth-order valence-corrected chi connectivity index (χ4v) is 4.53. The number of likely N-dealkylation sites (tertiary alicyclic amines) is 1. The van der Waals surface area contributed by atoms with Gasteiger partial charge in [0.1, 0.15) is 5.75 Å². The van der Waals surface area contributed by atoms with E-state index in [-0.39, 0.29) is 17.6 Å². The molecule has 2 aliphatic rings. The number of piperidine rings is 1. The van der Waals surface area contributed by atoms with Crippen LogP contribution in [0.3, 0.4) is 0 Å². The van der Waals surface area contributed by atoms with Crippen LogP contribution in [-0.2, 0) is 12.1 Å². The lowest BCUT2D eigenvalue weighted by Crippen LogP contribution is -2.51. The van der Waals surface area contributed by atoms with Gasteiger partial charge in [-0.2, -0.15) is 0 Å². The lowest BCUT2D eigenvalue weighted by Gasteiger charge is -2.45. The van der Waals surface area contributed by atoms with Crippen LogP contribution in [0, 0.1) is 11.8 Å². The summed E-state index contributed by atoms with van der Waals surface area (Å²) in [4.78, 5) is 2.47. The van der Waals surface area contributed by atoms with Crippen LogP contribution in [0.25, 0.3) is 0 Å². The van der Waals surface area contributed by atoms with Crippen LogP contribution in [0.4, 0.5) is 0 Å². The van der Waals surface area contributed by atoms with E-state index in [2.05, 4.69) is 29.2 Å². The summed E-state index contributed by atoms with van der Waals surface area (Å²) >= 11 is 0. The van der Waals surface area contributed by atoms with Crippen LogP contribution in [0.5, 0.6) is 5.75 Å². The molecule has 23 heavy (non-hydrogen) atoms. The number of benzene rings is 2. The molecule has 2 aromatic carbocycles.